The molecular weight excluding hydrogens is 226 g/mol. The van der Waals surface area contributed by atoms with Gasteiger partial charge in [-0.25, -0.2) is 0 Å². The first-order valence-corrected chi connectivity index (χ1v) is 5.92. The lowest BCUT2D eigenvalue weighted by atomic mass is 10.0. The Morgan fingerprint density at radius 1 is 1.35 bits per heavy atom. The SMILES string of the molecule is CCCCN(C(C)=O)C1OCC(O)C(O)C1O. The highest BCUT2D eigenvalue weighted by molar-refractivity contribution is 5.73. The van der Waals surface area contributed by atoms with Crippen molar-refractivity contribution < 1.29 is 24.9 Å². The van der Waals surface area contributed by atoms with Crippen LogP contribution in [0.1, 0.15) is 26.7 Å². The first-order valence-electron chi connectivity index (χ1n) is 5.92. The zero-order chi connectivity index (χ0) is 13.0. The molecule has 100 valence electrons. The molecule has 6 heteroatoms. The quantitative estimate of drug-likeness (QED) is 0.597. The molecule has 1 aliphatic rings. The second-order valence-electron chi connectivity index (χ2n) is 4.34. The van der Waals surface area contributed by atoms with Crippen LogP contribution >= 0.6 is 0 Å². The van der Waals surface area contributed by atoms with E-state index in [-0.39, 0.29) is 12.5 Å². The fourth-order valence-electron chi connectivity index (χ4n) is 1.86. The molecule has 1 heterocycles. The molecular formula is C11H21NO5. The molecule has 1 amide bonds. The van der Waals surface area contributed by atoms with Gasteiger partial charge < -0.3 is 25.0 Å². The summed E-state index contributed by atoms with van der Waals surface area (Å²) in [7, 11) is 0. The largest absolute Gasteiger partial charge is 0.388 e. The molecule has 0 spiro atoms. The number of nitrogens with zero attached hydrogens (tertiary/aromatic N) is 1. The number of hydrogen-bond acceptors (Lipinski definition) is 5. The van der Waals surface area contributed by atoms with E-state index in [2.05, 4.69) is 0 Å². The molecule has 3 N–H and O–H groups in total. The molecule has 0 aliphatic carbocycles. The summed E-state index contributed by atoms with van der Waals surface area (Å²) < 4.78 is 5.24. The van der Waals surface area contributed by atoms with Crippen LogP contribution in [0, 0.1) is 0 Å². The number of hydrogen-bond donors (Lipinski definition) is 3. The summed E-state index contributed by atoms with van der Waals surface area (Å²) in [6.07, 6.45) is -2.84. The molecule has 6 nitrogen and oxygen atoms in total. The number of carbonyl (C=O) groups is 1. The van der Waals surface area contributed by atoms with Crippen molar-refractivity contribution in [1.82, 2.24) is 4.90 Å². The van der Waals surface area contributed by atoms with Crippen LogP contribution in [0.4, 0.5) is 0 Å². The van der Waals surface area contributed by atoms with Crippen molar-refractivity contribution in [3.05, 3.63) is 0 Å². The average Bonchev–Trinajstić information content (AvgIpc) is 2.28. The molecule has 0 aromatic rings. The summed E-state index contributed by atoms with van der Waals surface area (Å²) in [4.78, 5) is 12.9. The zero-order valence-corrected chi connectivity index (χ0v) is 10.2. The number of amides is 1. The number of unbranched alkanes of at least 4 members (excludes halogenated alkanes) is 1. The van der Waals surface area contributed by atoms with Gasteiger partial charge in [0.25, 0.3) is 0 Å². The smallest absolute Gasteiger partial charge is 0.221 e. The van der Waals surface area contributed by atoms with Crippen molar-refractivity contribution in [3.8, 4) is 0 Å². The second kappa shape index (κ2) is 6.30. The van der Waals surface area contributed by atoms with Crippen molar-refractivity contribution in [1.29, 1.82) is 0 Å². The predicted octanol–water partition coefficient (Wildman–Crippen LogP) is -0.926. The van der Waals surface area contributed by atoms with Gasteiger partial charge in [0.2, 0.25) is 5.91 Å². The third-order valence-corrected chi connectivity index (χ3v) is 2.94. The number of rotatable bonds is 4. The summed E-state index contributed by atoms with van der Waals surface area (Å²) in [6, 6.07) is 0. The Bertz CT molecular complexity index is 260. The monoisotopic (exact) mass is 247 g/mol. The molecule has 4 atom stereocenters. The van der Waals surface area contributed by atoms with E-state index >= 15 is 0 Å². The molecule has 0 aromatic carbocycles. The van der Waals surface area contributed by atoms with Crippen molar-refractivity contribution in [2.24, 2.45) is 0 Å². The second-order valence-corrected chi connectivity index (χ2v) is 4.34. The van der Waals surface area contributed by atoms with Crippen molar-refractivity contribution in [2.45, 2.75) is 51.2 Å². The van der Waals surface area contributed by atoms with Gasteiger partial charge >= 0.3 is 0 Å². The van der Waals surface area contributed by atoms with Gasteiger partial charge in [-0.15, -0.1) is 0 Å². The Hall–Kier alpha value is -0.690. The highest BCUT2D eigenvalue weighted by Gasteiger charge is 2.41. The van der Waals surface area contributed by atoms with E-state index < -0.39 is 24.5 Å². The van der Waals surface area contributed by atoms with E-state index in [1.807, 2.05) is 6.92 Å². The molecule has 0 radical (unpaired) electrons. The van der Waals surface area contributed by atoms with E-state index in [1.165, 1.54) is 11.8 Å². The van der Waals surface area contributed by atoms with Crippen LogP contribution < -0.4 is 0 Å². The number of carbonyl (C=O) groups excluding carboxylic acids is 1. The summed E-state index contributed by atoms with van der Waals surface area (Å²) in [6.45, 7) is 3.77. The van der Waals surface area contributed by atoms with Gasteiger partial charge in [0, 0.05) is 13.5 Å². The molecule has 0 bridgehead atoms. The van der Waals surface area contributed by atoms with E-state index in [9.17, 15) is 20.1 Å². The number of aliphatic hydroxyl groups is 3. The Kier molecular flexibility index (Phi) is 5.32. The van der Waals surface area contributed by atoms with Gasteiger partial charge in [0.05, 0.1) is 6.61 Å². The summed E-state index contributed by atoms with van der Waals surface area (Å²) in [5.74, 6) is -0.217. The maximum Gasteiger partial charge on any atom is 0.221 e. The summed E-state index contributed by atoms with van der Waals surface area (Å²) in [5.41, 5.74) is 0. The molecule has 1 fully saturated rings. The molecule has 4 unspecified atom stereocenters. The van der Waals surface area contributed by atoms with Gasteiger partial charge in [0.15, 0.2) is 6.23 Å². The Morgan fingerprint density at radius 3 is 2.53 bits per heavy atom. The predicted molar refractivity (Wildman–Crippen MR) is 60.1 cm³/mol. The maximum absolute atomic E-state index is 11.5. The van der Waals surface area contributed by atoms with Crippen molar-refractivity contribution in [3.63, 3.8) is 0 Å². The zero-order valence-electron chi connectivity index (χ0n) is 10.2. The molecule has 0 aromatic heterocycles. The molecule has 17 heavy (non-hydrogen) atoms. The fraction of sp³-hybridized carbons (Fsp3) is 0.909. The highest BCUT2D eigenvalue weighted by Crippen LogP contribution is 2.19. The van der Waals surface area contributed by atoms with Crippen LogP contribution in [0.2, 0.25) is 0 Å². The number of ether oxygens (including phenoxy) is 1. The minimum Gasteiger partial charge on any atom is -0.388 e. The van der Waals surface area contributed by atoms with Crippen molar-refractivity contribution >= 4 is 5.91 Å². The van der Waals surface area contributed by atoms with E-state index in [0.717, 1.165) is 12.8 Å². The third kappa shape index (κ3) is 3.38. The van der Waals surface area contributed by atoms with Crippen LogP contribution in [0.15, 0.2) is 0 Å². The van der Waals surface area contributed by atoms with Crippen LogP contribution in [0.3, 0.4) is 0 Å². The van der Waals surface area contributed by atoms with Crippen molar-refractivity contribution in [2.75, 3.05) is 13.2 Å². The van der Waals surface area contributed by atoms with Gasteiger partial charge in [-0.1, -0.05) is 13.3 Å². The van der Waals surface area contributed by atoms with Crippen LogP contribution in [0.25, 0.3) is 0 Å². The molecule has 1 saturated heterocycles. The fourth-order valence-corrected chi connectivity index (χ4v) is 1.86. The minimum absolute atomic E-state index is 0.0845. The van der Waals surface area contributed by atoms with E-state index in [4.69, 9.17) is 4.74 Å². The van der Waals surface area contributed by atoms with Crippen LogP contribution in [-0.2, 0) is 9.53 Å². The van der Waals surface area contributed by atoms with Gasteiger partial charge in [-0.2, -0.15) is 0 Å². The third-order valence-electron chi connectivity index (χ3n) is 2.94. The van der Waals surface area contributed by atoms with Gasteiger partial charge in [-0.05, 0) is 6.42 Å². The minimum atomic E-state index is -1.28. The first kappa shape index (κ1) is 14.4. The average molecular weight is 247 g/mol. The van der Waals surface area contributed by atoms with Gasteiger partial charge in [-0.3, -0.25) is 4.79 Å². The summed E-state index contributed by atoms with van der Waals surface area (Å²) in [5, 5.41) is 28.7. The first-order chi connectivity index (χ1) is 7.99. The lowest BCUT2D eigenvalue weighted by Crippen LogP contribution is -2.60. The normalized spacial score (nSPS) is 33.5. The highest BCUT2D eigenvalue weighted by atomic mass is 16.5. The lowest BCUT2D eigenvalue weighted by Gasteiger charge is -2.40. The van der Waals surface area contributed by atoms with E-state index in [0.29, 0.717) is 6.54 Å². The molecule has 1 aliphatic heterocycles. The number of aliphatic hydroxyl groups excluding tert-OH is 3. The van der Waals surface area contributed by atoms with Gasteiger partial charge in [0.1, 0.15) is 18.3 Å². The topological polar surface area (TPSA) is 90.2 Å². The Labute approximate surface area is 101 Å². The van der Waals surface area contributed by atoms with E-state index in [1.54, 1.807) is 0 Å². The van der Waals surface area contributed by atoms with Crippen LogP contribution in [0.5, 0.6) is 0 Å². The Balaban J connectivity index is 2.70. The molecule has 0 saturated carbocycles. The Morgan fingerprint density at radius 2 is 2.00 bits per heavy atom. The summed E-state index contributed by atoms with van der Waals surface area (Å²) >= 11 is 0. The maximum atomic E-state index is 11.5. The standard InChI is InChI=1S/C11H21NO5/c1-3-4-5-12(7(2)13)11-10(16)9(15)8(14)6-17-11/h8-11,14-16H,3-6H2,1-2H3. The molecule has 1 rings (SSSR count). The van der Waals surface area contributed by atoms with Crippen LogP contribution in [-0.4, -0.2) is 63.8 Å². The lowest BCUT2D eigenvalue weighted by molar-refractivity contribution is -0.227.